The summed E-state index contributed by atoms with van der Waals surface area (Å²) in [7, 11) is 0. The van der Waals surface area contributed by atoms with E-state index in [1.807, 2.05) is 36.4 Å². The SMILES string of the molecule is O=C(CCN1C(=O)C2CCCCC2C1=O)NNC(=O)c1ccc(CSc2nc3ccccc3[nH]2)cc1. The molecule has 3 N–H and O–H groups in total. The van der Waals surface area contributed by atoms with Gasteiger partial charge < -0.3 is 4.98 Å². The summed E-state index contributed by atoms with van der Waals surface area (Å²) >= 11 is 1.57. The van der Waals surface area contributed by atoms with Crippen LogP contribution in [0.1, 0.15) is 48.0 Å². The Labute approximate surface area is 212 Å². The van der Waals surface area contributed by atoms with Crippen molar-refractivity contribution in [3.05, 3.63) is 59.7 Å². The number of para-hydroxylation sites is 2. The number of hydrogen-bond donors (Lipinski definition) is 3. The minimum Gasteiger partial charge on any atom is -0.333 e. The van der Waals surface area contributed by atoms with Gasteiger partial charge in [0.25, 0.3) is 5.91 Å². The number of thioether (sulfide) groups is 1. The van der Waals surface area contributed by atoms with E-state index in [9.17, 15) is 19.2 Å². The molecule has 3 aromatic rings. The number of nitrogens with zero attached hydrogens (tertiary/aromatic N) is 2. The lowest BCUT2D eigenvalue weighted by atomic mass is 9.81. The predicted octanol–water partition coefficient (Wildman–Crippen LogP) is 3.18. The van der Waals surface area contributed by atoms with Gasteiger partial charge in [0.05, 0.1) is 22.9 Å². The molecule has 2 unspecified atom stereocenters. The van der Waals surface area contributed by atoms with Crippen molar-refractivity contribution in [3.8, 4) is 0 Å². The summed E-state index contributed by atoms with van der Waals surface area (Å²) in [5, 5.41) is 0.830. The number of carbonyl (C=O) groups is 4. The summed E-state index contributed by atoms with van der Waals surface area (Å²) in [6.45, 7) is 0.0317. The number of benzene rings is 2. The normalized spacial score (nSPS) is 19.4. The average molecular weight is 506 g/mol. The lowest BCUT2D eigenvalue weighted by Gasteiger charge is -2.19. The molecule has 0 radical (unpaired) electrons. The number of likely N-dealkylation sites (tertiary alicyclic amines) is 1. The molecule has 2 aromatic carbocycles. The first-order chi connectivity index (χ1) is 17.5. The van der Waals surface area contributed by atoms with Crippen LogP contribution in [0.2, 0.25) is 0 Å². The smallest absolute Gasteiger partial charge is 0.269 e. The third kappa shape index (κ3) is 5.13. The number of hydrazine groups is 1. The third-order valence-corrected chi connectivity index (χ3v) is 7.71. The molecule has 2 aliphatic rings. The second-order valence-electron chi connectivity index (χ2n) is 9.12. The van der Waals surface area contributed by atoms with E-state index in [1.54, 1.807) is 23.9 Å². The lowest BCUT2D eigenvalue weighted by Crippen LogP contribution is -2.43. The molecule has 10 heteroatoms. The second kappa shape index (κ2) is 10.5. The van der Waals surface area contributed by atoms with E-state index in [0.29, 0.717) is 11.3 Å². The van der Waals surface area contributed by atoms with Gasteiger partial charge in [0.2, 0.25) is 17.7 Å². The molecule has 4 amide bonds. The van der Waals surface area contributed by atoms with Gasteiger partial charge in [-0.1, -0.05) is 48.9 Å². The van der Waals surface area contributed by atoms with E-state index in [-0.39, 0.29) is 36.6 Å². The summed E-state index contributed by atoms with van der Waals surface area (Å²) in [4.78, 5) is 58.7. The zero-order valence-electron chi connectivity index (χ0n) is 19.7. The zero-order valence-corrected chi connectivity index (χ0v) is 20.5. The maximum Gasteiger partial charge on any atom is 0.269 e. The Morgan fingerprint density at radius 1 is 0.972 bits per heavy atom. The largest absolute Gasteiger partial charge is 0.333 e. The number of rotatable bonds is 7. The number of hydrogen-bond acceptors (Lipinski definition) is 6. The van der Waals surface area contributed by atoms with Crippen LogP contribution in [0.5, 0.6) is 0 Å². The van der Waals surface area contributed by atoms with Crippen molar-refractivity contribution in [3.63, 3.8) is 0 Å². The van der Waals surface area contributed by atoms with Crippen LogP contribution >= 0.6 is 11.8 Å². The number of H-pyrrole nitrogens is 1. The molecule has 5 rings (SSSR count). The Balaban J connectivity index is 1.06. The topological polar surface area (TPSA) is 124 Å². The molecule has 2 atom stereocenters. The van der Waals surface area contributed by atoms with Gasteiger partial charge in [-0.05, 0) is 42.7 Å². The summed E-state index contributed by atoms with van der Waals surface area (Å²) < 4.78 is 0. The maximum atomic E-state index is 12.5. The Morgan fingerprint density at radius 2 is 1.67 bits per heavy atom. The highest BCUT2D eigenvalue weighted by atomic mass is 32.2. The number of imidazole rings is 1. The number of imide groups is 1. The van der Waals surface area contributed by atoms with Crippen LogP contribution < -0.4 is 10.9 Å². The molecule has 186 valence electrons. The Bertz CT molecular complexity index is 1250. The molecule has 1 saturated carbocycles. The van der Waals surface area contributed by atoms with Crippen LogP contribution in [0.3, 0.4) is 0 Å². The van der Waals surface area contributed by atoms with Gasteiger partial charge in [-0.2, -0.15) is 0 Å². The Hall–Kier alpha value is -3.66. The molecular weight excluding hydrogens is 478 g/mol. The van der Waals surface area contributed by atoms with Crippen molar-refractivity contribution in [2.24, 2.45) is 11.8 Å². The van der Waals surface area contributed by atoms with Crippen LogP contribution in [0.25, 0.3) is 11.0 Å². The first kappa shape index (κ1) is 24.1. The average Bonchev–Trinajstić information content (AvgIpc) is 3.43. The minimum absolute atomic E-state index is 0.0317. The van der Waals surface area contributed by atoms with E-state index >= 15 is 0 Å². The van der Waals surface area contributed by atoms with Crippen molar-refractivity contribution < 1.29 is 19.2 Å². The van der Waals surface area contributed by atoms with Gasteiger partial charge in [0.1, 0.15) is 0 Å². The molecule has 1 aliphatic carbocycles. The predicted molar refractivity (Wildman–Crippen MR) is 134 cm³/mol. The van der Waals surface area contributed by atoms with Crippen LogP contribution in [0.4, 0.5) is 0 Å². The number of aromatic amines is 1. The number of fused-ring (bicyclic) bond motifs is 2. The Kier molecular flexibility index (Phi) is 7.04. The van der Waals surface area contributed by atoms with E-state index in [1.165, 1.54) is 4.90 Å². The third-order valence-electron chi connectivity index (χ3n) is 6.77. The fourth-order valence-electron chi connectivity index (χ4n) is 4.83. The highest BCUT2D eigenvalue weighted by Gasteiger charge is 2.47. The van der Waals surface area contributed by atoms with Crippen molar-refractivity contribution >= 4 is 46.4 Å². The van der Waals surface area contributed by atoms with Crippen molar-refractivity contribution in [2.45, 2.75) is 43.0 Å². The Morgan fingerprint density at radius 3 is 2.36 bits per heavy atom. The fourth-order valence-corrected chi connectivity index (χ4v) is 5.67. The highest BCUT2D eigenvalue weighted by Crippen LogP contribution is 2.37. The summed E-state index contributed by atoms with van der Waals surface area (Å²) in [6, 6.07) is 15.0. The fraction of sp³-hybridized carbons (Fsp3) is 0.346. The summed E-state index contributed by atoms with van der Waals surface area (Å²) in [5.74, 6) is -1.01. The number of aromatic nitrogens is 2. The quantitative estimate of drug-likeness (QED) is 0.257. The molecule has 0 spiro atoms. The maximum absolute atomic E-state index is 12.5. The summed E-state index contributed by atoms with van der Waals surface area (Å²) in [6.07, 6.45) is 3.34. The number of carbonyl (C=O) groups excluding carboxylic acids is 4. The van der Waals surface area contributed by atoms with E-state index in [4.69, 9.17) is 0 Å². The van der Waals surface area contributed by atoms with Gasteiger partial charge in [0.15, 0.2) is 5.16 Å². The second-order valence-corrected chi connectivity index (χ2v) is 10.1. The molecule has 2 heterocycles. The minimum atomic E-state index is -0.460. The first-order valence-electron chi connectivity index (χ1n) is 12.1. The monoisotopic (exact) mass is 505 g/mol. The number of amides is 4. The standard InChI is InChI=1S/C26H27N5O4S/c32-22(13-14-31-24(34)18-5-1-2-6-19(18)25(31)35)29-30-23(33)17-11-9-16(10-12-17)15-36-26-27-20-7-3-4-8-21(20)28-26/h3-4,7-12,18-19H,1-2,5-6,13-15H2,(H,27,28)(H,29,32)(H,30,33). The molecule has 36 heavy (non-hydrogen) atoms. The van der Waals surface area contributed by atoms with Crippen molar-refractivity contribution in [1.82, 2.24) is 25.7 Å². The molecule has 2 fully saturated rings. The van der Waals surface area contributed by atoms with Crippen molar-refractivity contribution in [1.29, 1.82) is 0 Å². The van der Waals surface area contributed by atoms with Crippen LogP contribution in [0, 0.1) is 11.8 Å². The summed E-state index contributed by atoms with van der Waals surface area (Å²) in [5.41, 5.74) is 8.11. The van der Waals surface area contributed by atoms with Gasteiger partial charge in [0, 0.05) is 24.3 Å². The van der Waals surface area contributed by atoms with Gasteiger partial charge in [-0.15, -0.1) is 0 Å². The lowest BCUT2D eigenvalue weighted by molar-refractivity contribution is -0.140. The molecule has 0 bridgehead atoms. The van der Waals surface area contributed by atoms with E-state index < -0.39 is 11.8 Å². The first-order valence-corrected chi connectivity index (χ1v) is 13.1. The highest BCUT2D eigenvalue weighted by molar-refractivity contribution is 7.98. The van der Waals surface area contributed by atoms with Crippen LogP contribution in [-0.2, 0) is 20.1 Å². The number of nitrogens with one attached hydrogen (secondary N) is 3. The molecule has 9 nitrogen and oxygen atoms in total. The van der Waals surface area contributed by atoms with Crippen molar-refractivity contribution in [2.75, 3.05) is 6.54 Å². The molecule has 1 saturated heterocycles. The van der Waals surface area contributed by atoms with Crippen LogP contribution in [-0.4, -0.2) is 45.0 Å². The van der Waals surface area contributed by atoms with E-state index in [2.05, 4.69) is 20.8 Å². The zero-order chi connectivity index (χ0) is 25.1. The molecular formula is C26H27N5O4S. The van der Waals surface area contributed by atoms with Gasteiger partial charge in [-0.3, -0.25) is 34.9 Å². The molecule has 1 aliphatic heterocycles. The van der Waals surface area contributed by atoms with Gasteiger partial charge in [-0.25, -0.2) is 4.98 Å². The van der Waals surface area contributed by atoms with Gasteiger partial charge >= 0.3 is 0 Å². The van der Waals surface area contributed by atoms with E-state index in [0.717, 1.165) is 47.4 Å². The molecule has 1 aromatic heterocycles. The van der Waals surface area contributed by atoms with Crippen LogP contribution in [0.15, 0.2) is 53.7 Å².